The molecule has 1 aromatic carbocycles. The van der Waals surface area contributed by atoms with Gasteiger partial charge < -0.3 is 20.8 Å². The van der Waals surface area contributed by atoms with Crippen LogP contribution in [0.4, 0.5) is 0 Å². The van der Waals surface area contributed by atoms with E-state index in [1.807, 2.05) is 0 Å². The molecule has 0 aromatic heterocycles. The molecule has 4 N–H and O–H groups in total. The Labute approximate surface area is 115 Å². The molecule has 2 amide bonds. The molecule has 1 rings (SSSR count). The Morgan fingerprint density at radius 3 is 2.25 bits per heavy atom. The lowest BCUT2D eigenvalue weighted by molar-refractivity contribution is -0.143. The van der Waals surface area contributed by atoms with E-state index in [2.05, 4.69) is 10.6 Å². The largest absolute Gasteiger partial charge is 0.480 e. The standard InChI is InChI=1S/C13H16N2O5/c1-8(11(17)15-10(7-16)13(19)20)14-12(18)9-5-3-2-4-6-9/h2-6,8,10,16H,7H2,1H3,(H,14,18)(H,15,17)(H,19,20)/t8?,10-/m0/s1. The van der Waals surface area contributed by atoms with Crippen molar-refractivity contribution in [3.05, 3.63) is 35.9 Å². The summed E-state index contributed by atoms with van der Waals surface area (Å²) in [6.45, 7) is 0.701. The van der Waals surface area contributed by atoms with Crippen LogP contribution in [0.25, 0.3) is 0 Å². The van der Waals surface area contributed by atoms with Gasteiger partial charge in [0.05, 0.1) is 6.61 Å². The number of hydrogen-bond donors (Lipinski definition) is 4. The second-order valence-corrected chi connectivity index (χ2v) is 4.14. The first-order valence-electron chi connectivity index (χ1n) is 5.95. The summed E-state index contributed by atoms with van der Waals surface area (Å²) in [5.41, 5.74) is 0.393. The van der Waals surface area contributed by atoms with Crippen molar-refractivity contribution in [2.45, 2.75) is 19.0 Å². The van der Waals surface area contributed by atoms with Crippen molar-refractivity contribution in [1.82, 2.24) is 10.6 Å². The average Bonchev–Trinajstić information content (AvgIpc) is 2.44. The third-order valence-electron chi connectivity index (χ3n) is 2.57. The molecule has 1 unspecified atom stereocenters. The van der Waals surface area contributed by atoms with Gasteiger partial charge in [-0.3, -0.25) is 9.59 Å². The minimum Gasteiger partial charge on any atom is -0.480 e. The summed E-state index contributed by atoms with van der Waals surface area (Å²) in [6, 6.07) is 6.00. The Balaban J connectivity index is 2.58. The second kappa shape index (κ2) is 7.25. The lowest BCUT2D eigenvalue weighted by Gasteiger charge is -2.17. The number of aliphatic hydroxyl groups excluding tert-OH is 1. The van der Waals surface area contributed by atoms with Crippen LogP contribution in [0.2, 0.25) is 0 Å². The molecule has 0 spiro atoms. The molecule has 0 bridgehead atoms. The van der Waals surface area contributed by atoms with Gasteiger partial charge in [0.1, 0.15) is 12.1 Å². The third kappa shape index (κ3) is 4.36. The number of hydrogen-bond acceptors (Lipinski definition) is 4. The van der Waals surface area contributed by atoms with Crippen LogP contribution in [-0.2, 0) is 9.59 Å². The van der Waals surface area contributed by atoms with Crippen LogP contribution in [0.15, 0.2) is 30.3 Å². The fraction of sp³-hybridized carbons (Fsp3) is 0.308. The van der Waals surface area contributed by atoms with Crippen molar-refractivity contribution < 1.29 is 24.6 Å². The van der Waals surface area contributed by atoms with E-state index in [0.29, 0.717) is 5.56 Å². The highest BCUT2D eigenvalue weighted by Crippen LogP contribution is 1.99. The Kier molecular flexibility index (Phi) is 5.67. The van der Waals surface area contributed by atoms with Crippen molar-refractivity contribution >= 4 is 17.8 Å². The number of aliphatic carboxylic acids is 1. The van der Waals surface area contributed by atoms with Gasteiger partial charge in [0.15, 0.2) is 0 Å². The molecule has 0 saturated carbocycles. The molecule has 20 heavy (non-hydrogen) atoms. The summed E-state index contributed by atoms with van der Waals surface area (Å²) in [4.78, 5) is 34.1. The number of nitrogens with one attached hydrogen (secondary N) is 2. The van der Waals surface area contributed by atoms with Crippen LogP contribution in [0.5, 0.6) is 0 Å². The number of rotatable bonds is 6. The molecule has 108 valence electrons. The van der Waals surface area contributed by atoms with E-state index in [1.54, 1.807) is 30.3 Å². The number of carboxylic acid groups (broad SMARTS) is 1. The number of amides is 2. The number of carbonyl (C=O) groups is 3. The fourth-order valence-corrected chi connectivity index (χ4v) is 1.42. The van der Waals surface area contributed by atoms with E-state index in [-0.39, 0.29) is 0 Å². The van der Waals surface area contributed by atoms with Crippen LogP contribution in [0, 0.1) is 0 Å². The fourth-order valence-electron chi connectivity index (χ4n) is 1.42. The molecule has 1 aromatic rings. The van der Waals surface area contributed by atoms with Crippen molar-refractivity contribution in [1.29, 1.82) is 0 Å². The van der Waals surface area contributed by atoms with Crippen LogP contribution in [-0.4, -0.2) is 46.7 Å². The summed E-state index contributed by atoms with van der Waals surface area (Å²) >= 11 is 0. The number of carboxylic acids is 1. The SMILES string of the molecule is CC(NC(=O)c1ccccc1)C(=O)N[C@@H](CO)C(=O)O. The summed E-state index contributed by atoms with van der Waals surface area (Å²) in [5, 5.41) is 22.1. The topological polar surface area (TPSA) is 116 Å². The number of carbonyl (C=O) groups excluding carboxylic acids is 2. The van der Waals surface area contributed by atoms with Crippen LogP contribution < -0.4 is 10.6 Å². The van der Waals surface area contributed by atoms with Crippen LogP contribution in [0.1, 0.15) is 17.3 Å². The smallest absolute Gasteiger partial charge is 0.328 e. The Morgan fingerprint density at radius 1 is 1.15 bits per heavy atom. The van der Waals surface area contributed by atoms with Gasteiger partial charge in [-0.15, -0.1) is 0 Å². The molecular formula is C13H16N2O5. The molecule has 0 fully saturated rings. The van der Waals surface area contributed by atoms with Gasteiger partial charge in [-0.25, -0.2) is 4.79 Å². The van der Waals surface area contributed by atoms with Crippen LogP contribution >= 0.6 is 0 Å². The van der Waals surface area contributed by atoms with Crippen molar-refractivity contribution in [3.63, 3.8) is 0 Å². The molecule has 0 aliphatic heterocycles. The zero-order valence-corrected chi connectivity index (χ0v) is 10.9. The highest BCUT2D eigenvalue weighted by molar-refractivity contribution is 5.97. The second-order valence-electron chi connectivity index (χ2n) is 4.14. The van der Waals surface area contributed by atoms with E-state index in [1.165, 1.54) is 6.92 Å². The third-order valence-corrected chi connectivity index (χ3v) is 2.57. The Hall–Kier alpha value is -2.41. The maximum absolute atomic E-state index is 11.8. The summed E-state index contributed by atoms with van der Waals surface area (Å²) in [5.74, 6) is -2.47. The van der Waals surface area contributed by atoms with Gasteiger partial charge >= 0.3 is 5.97 Å². The van der Waals surface area contributed by atoms with Crippen LogP contribution in [0.3, 0.4) is 0 Å². The minimum absolute atomic E-state index is 0.393. The van der Waals surface area contributed by atoms with Gasteiger partial charge in [-0.05, 0) is 19.1 Å². The van der Waals surface area contributed by atoms with Crippen molar-refractivity contribution in [3.8, 4) is 0 Å². The van der Waals surface area contributed by atoms with Crippen molar-refractivity contribution in [2.24, 2.45) is 0 Å². The zero-order valence-electron chi connectivity index (χ0n) is 10.9. The molecule has 0 saturated heterocycles. The van der Waals surface area contributed by atoms with Gasteiger partial charge in [0.25, 0.3) is 5.91 Å². The predicted molar refractivity (Wildman–Crippen MR) is 70.0 cm³/mol. The Morgan fingerprint density at radius 2 is 1.75 bits per heavy atom. The van der Waals surface area contributed by atoms with E-state index in [0.717, 1.165) is 0 Å². The van der Waals surface area contributed by atoms with Gasteiger partial charge in [0, 0.05) is 5.56 Å². The first-order chi connectivity index (χ1) is 9.45. The number of aliphatic hydroxyl groups is 1. The van der Waals surface area contributed by atoms with Gasteiger partial charge in [-0.2, -0.15) is 0 Å². The lowest BCUT2D eigenvalue weighted by Crippen LogP contribution is -2.51. The van der Waals surface area contributed by atoms with E-state index in [9.17, 15) is 14.4 Å². The maximum atomic E-state index is 11.8. The highest BCUT2D eigenvalue weighted by atomic mass is 16.4. The molecule has 2 atom stereocenters. The summed E-state index contributed by atoms with van der Waals surface area (Å²) in [6.07, 6.45) is 0. The number of benzene rings is 1. The van der Waals surface area contributed by atoms with E-state index in [4.69, 9.17) is 10.2 Å². The molecule has 7 heteroatoms. The first-order valence-corrected chi connectivity index (χ1v) is 5.95. The molecule has 0 heterocycles. The molecular weight excluding hydrogens is 264 g/mol. The van der Waals surface area contributed by atoms with Gasteiger partial charge in [0.2, 0.25) is 5.91 Å². The average molecular weight is 280 g/mol. The molecule has 0 aliphatic carbocycles. The Bertz CT molecular complexity index is 489. The monoisotopic (exact) mass is 280 g/mol. The van der Waals surface area contributed by atoms with Crippen molar-refractivity contribution in [2.75, 3.05) is 6.61 Å². The quantitative estimate of drug-likeness (QED) is 0.553. The lowest BCUT2D eigenvalue weighted by atomic mass is 10.2. The molecule has 0 aliphatic rings. The highest BCUT2D eigenvalue weighted by Gasteiger charge is 2.23. The summed E-state index contributed by atoms with van der Waals surface area (Å²) < 4.78 is 0. The van der Waals surface area contributed by atoms with Gasteiger partial charge in [-0.1, -0.05) is 18.2 Å². The maximum Gasteiger partial charge on any atom is 0.328 e. The van der Waals surface area contributed by atoms with E-state index < -0.39 is 36.5 Å². The molecule has 7 nitrogen and oxygen atoms in total. The molecule has 0 radical (unpaired) electrons. The summed E-state index contributed by atoms with van der Waals surface area (Å²) in [7, 11) is 0. The first kappa shape index (κ1) is 15.6. The zero-order chi connectivity index (χ0) is 15.1. The normalized spacial score (nSPS) is 13.1. The minimum atomic E-state index is -1.39. The predicted octanol–water partition coefficient (Wildman–Crippen LogP) is -0.633. The van der Waals surface area contributed by atoms with E-state index >= 15 is 0 Å².